The molecule has 0 spiro atoms. The van der Waals surface area contributed by atoms with Crippen molar-refractivity contribution in [3.05, 3.63) is 27.7 Å². The van der Waals surface area contributed by atoms with Crippen LogP contribution in [0.4, 0.5) is 0 Å². The predicted octanol–water partition coefficient (Wildman–Crippen LogP) is 3.25. The molecule has 1 aromatic rings. The van der Waals surface area contributed by atoms with Crippen LogP contribution in [0.3, 0.4) is 0 Å². The first-order valence-corrected chi connectivity index (χ1v) is 6.31. The summed E-state index contributed by atoms with van der Waals surface area (Å²) in [5, 5.41) is 9.45. The first-order chi connectivity index (χ1) is 8.59. The van der Waals surface area contributed by atoms with Gasteiger partial charge in [0.05, 0.1) is 16.1 Å². The topological polar surface area (TPSA) is 55.8 Å². The summed E-state index contributed by atoms with van der Waals surface area (Å²) in [5.41, 5.74) is -0.109. The van der Waals surface area contributed by atoms with Gasteiger partial charge in [-0.2, -0.15) is 0 Å². The van der Waals surface area contributed by atoms with E-state index in [1.807, 2.05) is 0 Å². The Morgan fingerprint density at radius 3 is 2.78 bits per heavy atom. The van der Waals surface area contributed by atoms with E-state index < -0.39 is 5.97 Å². The maximum absolute atomic E-state index is 11.1. The molecule has 0 amide bonds. The van der Waals surface area contributed by atoms with Gasteiger partial charge in [-0.05, 0) is 25.0 Å². The van der Waals surface area contributed by atoms with E-state index in [9.17, 15) is 4.79 Å². The lowest BCUT2D eigenvalue weighted by atomic mass is 10.2. The summed E-state index contributed by atoms with van der Waals surface area (Å²) in [5.74, 6) is -1.06. The zero-order valence-electron chi connectivity index (χ0n) is 9.49. The average Bonchev–Trinajstić information content (AvgIpc) is 2.82. The summed E-state index contributed by atoms with van der Waals surface area (Å²) in [4.78, 5) is 11.1. The molecule has 0 radical (unpaired) electrons. The number of hydrogen-bond acceptors (Lipinski definition) is 3. The average molecular weight is 291 g/mol. The summed E-state index contributed by atoms with van der Waals surface area (Å²) in [7, 11) is 0. The van der Waals surface area contributed by atoms with Gasteiger partial charge in [-0.3, -0.25) is 0 Å². The van der Waals surface area contributed by atoms with E-state index in [-0.39, 0.29) is 34.1 Å². The molecule has 98 valence electrons. The summed E-state index contributed by atoms with van der Waals surface area (Å²) in [6.45, 7) is 0.990. The van der Waals surface area contributed by atoms with Crippen molar-refractivity contribution in [3.63, 3.8) is 0 Å². The Balaban J connectivity index is 2.19. The van der Waals surface area contributed by atoms with Crippen molar-refractivity contribution in [2.75, 3.05) is 13.2 Å². The SMILES string of the molecule is O=C(O)c1c(Cl)ccc(Cl)c1OCC1CCCO1. The largest absolute Gasteiger partial charge is 0.488 e. The van der Waals surface area contributed by atoms with Gasteiger partial charge in [0.1, 0.15) is 12.2 Å². The van der Waals surface area contributed by atoms with Crippen LogP contribution in [0.5, 0.6) is 5.75 Å². The van der Waals surface area contributed by atoms with E-state index in [1.54, 1.807) is 0 Å². The van der Waals surface area contributed by atoms with Gasteiger partial charge in [0.25, 0.3) is 0 Å². The Kier molecular flexibility index (Phi) is 4.32. The molecular weight excluding hydrogens is 279 g/mol. The Morgan fingerprint density at radius 1 is 1.44 bits per heavy atom. The molecule has 4 nitrogen and oxygen atoms in total. The molecule has 1 unspecified atom stereocenters. The van der Waals surface area contributed by atoms with Crippen molar-refractivity contribution in [2.24, 2.45) is 0 Å². The molecule has 1 saturated heterocycles. The van der Waals surface area contributed by atoms with Crippen molar-refractivity contribution < 1.29 is 19.4 Å². The minimum Gasteiger partial charge on any atom is -0.488 e. The second kappa shape index (κ2) is 5.78. The van der Waals surface area contributed by atoms with Crippen molar-refractivity contribution >= 4 is 29.2 Å². The van der Waals surface area contributed by atoms with Gasteiger partial charge in [-0.1, -0.05) is 23.2 Å². The van der Waals surface area contributed by atoms with Crippen LogP contribution in [0.15, 0.2) is 12.1 Å². The molecule has 1 aliphatic heterocycles. The Hall–Kier alpha value is -0.970. The molecule has 0 aliphatic carbocycles. The van der Waals surface area contributed by atoms with Crippen LogP contribution >= 0.6 is 23.2 Å². The maximum atomic E-state index is 11.1. The van der Waals surface area contributed by atoms with Crippen LogP contribution in [0, 0.1) is 0 Å². The summed E-state index contributed by atoms with van der Waals surface area (Å²) in [6, 6.07) is 2.95. The van der Waals surface area contributed by atoms with Gasteiger partial charge in [0, 0.05) is 6.61 Å². The molecule has 2 rings (SSSR count). The third-order valence-corrected chi connectivity index (χ3v) is 3.32. The summed E-state index contributed by atoms with van der Waals surface area (Å²) >= 11 is 11.8. The highest BCUT2D eigenvalue weighted by atomic mass is 35.5. The second-order valence-corrected chi connectivity index (χ2v) is 4.80. The molecule has 1 N–H and O–H groups in total. The van der Waals surface area contributed by atoms with Gasteiger partial charge in [0.15, 0.2) is 5.75 Å². The number of halogens is 2. The highest BCUT2D eigenvalue weighted by Gasteiger charge is 2.22. The molecule has 1 fully saturated rings. The predicted molar refractivity (Wildman–Crippen MR) is 67.9 cm³/mol. The zero-order chi connectivity index (χ0) is 13.1. The quantitative estimate of drug-likeness (QED) is 0.925. The fourth-order valence-electron chi connectivity index (χ4n) is 1.83. The normalized spacial score (nSPS) is 18.9. The van der Waals surface area contributed by atoms with Crippen LogP contribution in [-0.2, 0) is 4.74 Å². The number of carboxylic acids is 1. The number of hydrogen-bond donors (Lipinski definition) is 1. The summed E-state index contributed by atoms with van der Waals surface area (Å²) in [6.07, 6.45) is 1.88. The van der Waals surface area contributed by atoms with Crippen LogP contribution in [0.2, 0.25) is 10.0 Å². The van der Waals surface area contributed by atoms with E-state index >= 15 is 0 Å². The van der Waals surface area contributed by atoms with Crippen LogP contribution in [0.1, 0.15) is 23.2 Å². The van der Waals surface area contributed by atoms with Gasteiger partial charge in [-0.15, -0.1) is 0 Å². The Morgan fingerprint density at radius 2 is 2.17 bits per heavy atom. The number of carbonyl (C=O) groups is 1. The van der Waals surface area contributed by atoms with E-state index in [0.717, 1.165) is 12.8 Å². The number of carboxylic acid groups (broad SMARTS) is 1. The molecule has 1 aromatic carbocycles. The van der Waals surface area contributed by atoms with Crippen LogP contribution in [0.25, 0.3) is 0 Å². The fraction of sp³-hybridized carbons (Fsp3) is 0.417. The monoisotopic (exact) mass is 290 g/mol. The number of benzene rings is 1. The standard InChI is InChI=1S/C12H12Cl2O4/c13-8-3-4-9(14)11(10(8)12(15)16)18-6-7-2-1-5-17-7/h3-4,7H,1-2,5-6H2,(H,15,16). The molecule has 1 aliphatic rings. The molecule has 0 aromatic heterocycles. The molecule has 1 heterocycles. The molecular formula is C12H12Cl2O4. The van der Waals surface area contributed by atoms with Crippen molar-refractivity contribution in [3.8, 4) is 5.75 Å². The minimum atomic E-state index is -1.16. The third kappa shape index (κ3) is 2.88. The van der Waals surface area contributed by atoms with Crippen molar-refractivity contribution in [2.45, 2.75) is 18.9 Å². The first kappa shape index (κ1) is 13.5. The van der Waals surface area contributed by atoms with Gasteiger partial charge in [-0.25, -0.2) is 4.79 Å². The third-order valence-electron chi connectivity index (χ3n) is 2.71. The highest BCUT2D eigenvalue weighted by Crippen LogP contribution is 2.34. The minimum absolute atomic E-state index is 0.0123. The second-order valence-electron chi connectivity index (χ2n) is 3.98. The highest BCUT2D eigenvalue weighted by molar-refractivity contribution is 6.36. The molecule has 0 bridgehead atoms. The van der Waals surface area contributed by atoms with E-state index in [4.69, 9.17) is 37.8 Å². The molecule has 0 saturated carbocycles. The van der Waals surface area contributed by atoms with Crippen molar-refractivity contribution in [1.29, 1.82) is 0 Å². The zero-order valence-corrected chi connectivity index (χ0v) is 11.0. The van der Waals surface area contributed by atoms with Crippen LogP contribution < -0.4 is 4.74 Å². The summed E-state index contributed by atoms with van der Waals surface area (Å²) < 4.78 is 10.9. The maximum Gasteiger partial charge on any atom is 0.341 e. The van der Waals surface area contributed by atoms with Gasteiger partial charge >= 0.3 is 5.97 Å². The Bertz CT molecular complexity index is 456. The number of aromatic carboxylic acids is 1. The molecule has 1 atom stereocenters. The number of ether oxygens (including phenoxy) is 2. The van der Waals surface area contributed by atoms with E-state index in [1.165, 1.54) is 12.1 Å². The van der Waals surface area contributed by atoms with Gasteiger partial charge < -0.3 is 14.6 Å². The van der Waals surface area contributed by atoms with Crippen LogP contribution in [-0.4, -0.2) is 30.4 Å². The lowest BCUT2D eigenvalue weighted by Gasteiger charge is -2.15. The Labute approximate surface area is 114 Å². The fourth-order valence-corrected chi connectivity index (χ4v) is 2.27. The van der Waals surface area contributed by atoms with Gasteiger partial charge in [0.2, 0.25) is 0 Å². The lowest BCUT2D eigenvalue weighted by molar-refractivity contribution is 0.0630. The first-order valence-electron chi connectivity index (χ1n) is 5.55. The van der Waals surface area contributed by atoms with E-state index in [2.05, 4.69) is 0 Å². The van der Waals surface area contributed by atoms with E-state index in [0.29, 0.717) is 6.61 Å². The van der Waals surface area contributed by atoms with Crippen molar-refractivity contribution in [1.82, 2.24) is 0 Å². The molecule has 18 heavy (non-hydrogen) atoms. The number of rotatable bonds is 4. The smallest absolute Gasteiger partial charge is 0.341 e. The lowest BCUT2D eigenvalue weighted by Crippen LogP contribution is -2.17. The molecule has 6 heteroatoms.